The fourth-order valence-electron chi connectivity index (χ4n) is 4.22. The molecule has 1 heterocycles. The molecule has 178 valence electrons. The number of halogens is 1. The summed E-state index contributed by atoms with van der Waals surface area (Å²) in [6, 6.07) is 21.1. The van der Waals surface area contributed by atoms with Crippen LogP contribution in [-0.2, 0) is 13.0 Å². The predicted molar refractivity (Wildman–Crippen MR) is 133 cm³/mol. The van der Waals surface area contributed by atoms with Crippen molar-refractivity contribution in [1.82, 2.24) is 9.88 Å². The number of para-hydroxylation sites is 1. The summed E-state index contributed by atoms with van der Waals surface area (Å²) in [7, 11) is 1.41. The topological polar surface area (TPSA) is 87.3 Å². The van der Waals surface area contributed by atoms with Gasteiger partial charge in [-0.1, -0.05) is 36.4 Å². The largest absolute Gasteiger partial charge is 0.494 e. The number of nitriles is 1. The van der Waals surface area contributed by atoms with Crippen LogP contribution in [0.15, 0.2) is 72.9 Å². The van der Waals surface area contributed by atoms with Crippen molar-refractivity contribution in [3.05, 3.63) is 89.9 Å². The molecule has 0 unspecified atom stereocenters. The molecule has 0 radical (unpaired) electrons. The summed E-state index contributed by atoms with van der Waals surface area (Å²) >= 11 is 0. The molecular formula is C28H26FN3O3. The SMILES string of the molecule is COc1ccc(-c2cccc(C(=O)N[C@@H](CO)Cc3cn(CCC#N)c4ccccc34)c2)cc1F. The summed E-state index contributed by atoms with van der Waals surface area (Å²) in [5, 5.41) is 22.9. The van der Waals surface area contributed by atoms with Crippen molar-refractivity contribution in [3.8, 4) is 22.9 Å². The minimum atomic E-state index is -0.500. The number of aliphatic hydroxyl groups excluding tert-OH is 1. The number of nitrogens with one attached hydrogen (secondary N) is 1. The molecule has 0 spiro atoms. The van der Waals surface area contributed by atoms with E-state index in [0.717, 1.165) is 16.5 Å². The van der Waals surface area contributed by atoms with E-state index in [9.17, 15) is 14.3 Å². The first-order chi connectivity index (χ1) is 17.0. The first-order valence-electron chi connectivity index (χ1n) is 11.3. The molecule has 4 rings (SSSR count). The Labute approximate surface area is 203 Å². The lowest BCUT2D eigenvalue weighted by Gasteiger charge is -2.16. The number of nitrogens with zero attached hydrogens (tertiary/aromatic N) is 2. The normalized spacial score (nSPS) is 11.7. The summed E-state index contributed by atoms with van der Waals surface area (Å²) in [5.74, 6) is -0.648. The predicted octanol–water partition coefficient (Wildman–Crippen LogP) is 4.70. The molecule has 1 aromatic heterocycles. The van der Waals surface area contributed by atoms with Gasteiger partial charge in [0.05, 0.1) is 32.2 Å². The number of fused-ring (bicyclic) bond motifs is 1. The molecular weight excluding hydrogens is 445 g/mol. The van der Waals surface area contributed by atoms with Gasteiger partial charge in [-0.05, 0) is 53.4 Å². The van der Waals surface area contributed by atoms with E-state index in [1.165, 1.54) is 13.2 Å². The lowest BCUT2D eigenvalue weighted by molar-refractivity contribution is 0.0916. The second-order valence-corrected chi connectivity index (χ2v) is 8.26. The second kappa shape index (κ2) is 10.9. The standard InChI is InChI=1S/C28H26FN3O3/c1-35-27-11-10-20(16-25(27)29)19-6-4-7-21(14-19)28(34)31-23(18-33)15-22-17-32(13-5-12-30)26-9-3-2-8-24(22)26/h2-4,6-11,14,16-17,23,33H,5,13,15,18H2,1H3,(H,31,34)/t23-/m1/s1. The maximum atomic E-state index is 14.2. The molecule has 0 aliphatic heterocycles. The Kier molecular flexibility index (Phi) is 7.44. The van der Waals surface area contributed by atoms with Gasteiger partial charge in [-0.15, -0.1) is 0 Å². The van der Waals surface area contributed by atoms with Gasteiger partial charge >= 0.3 is 0 Å². The van der Waals surface area contributed by atoms with Crippen molar-refractivity contribution in [1.29, 1.82) is 5.26 Å². The number of aromatic nitrogens is 1. The number of aryl methyl sites for hydroxylation is 1. The van der Waals surface area contributed by atoms with Crippen molar-refractivity contribution >= 4 is 16.8 Å². The van der Waals surface area contributed by atoms with Crippen LogP contribution in [0, 0.1) is 17.1 Å². The van der Waals surface area contributed by atoms with Crippen LogP contribution in [0.3, 0.4) is 0 Å². The lowest BCUT2D eigenvalue weighted by atomic mass is 10.0. The zero-order valence-electron chi connectivity index (χ0n) is 19.4. The van der Waals surface area contributed by atoms with Gasteiger partial charge in [0.1, 0.15) is 0 Å². The summed E-state index contributed by atoms with van der Waals surface area (Å²) in [6.45, 7) is 0.346. The molecule has 1 amide bonds. The summed E-state index contributed by atoms with van der Waals surface area (Å²) in [5.41, 5.74) is 3.73. The van der Waals surface area contributed by atoms with Crippen LogP contribution in [0.4, 0.5) is 4.39 Å². The van der Waals surface area contributed by atoms with Crippen molar-refractivity contribution < 1.29 is 19.0 Å². The van der Waals surface area contributed by atoms with Crippen LogP contribution in [0.25, 0.3) is 22.0 Å². The molecule has 0 fully saturated rings. The first kappa shape index (κ1) is 24.0. The highest BCUT2D eigenvalue weighted by molar-refractivity contribution is 5.95. The molecule has 0 bridgehead atoms. The highest BCUT2D eigenvalue weighted by Crippen LogP contribution is 2.26. The molecule has 35 heavy (non-hydrogen) atoms. The van der Waals surface area contributed by atoms with Crippen molar-refractivity contribution in [2.75, 3.05) is 13.7 Å². The maximum Gasteiger partial charge on any atom is 0.251 e. The minimum absolute atomic E-state index is 0.155. The quantitative estimate of drug-likeness (QED) is 0.370. The van der Waals surface area contributed by atoms with E-state index in [2.05, 4.69) is 11.4 Å². The molecule has 7 heteroatoms. The number of ether oxygens (including phenoxy) is 1. The zero-order chi connectivity index (χ0) is 24.8. The number of hydrogen-bond acceptors (Lipinski definition) is 4. The molecule has 2 N–H and O–H groups in total. The molecule has 4 aromatic rings. The van der Waals surface area contributed by atoms with Crippen LogP contribution < -0.4 is 10.1 Å². The Hall–Kier alpha value is -4.15. The number of aliphatic hydroxyl groups is 1. The van der Waals surface area contributed by atoms with Gasteiger partial charge < -0.3 is 19.7 Å². The number of carbonyl (C=O) groups is 1. The van der Waals surface area contributed by atoms with Crippen LogP contribution in [0.1, 0.15) is 22.3 Å². The summed E-state index contributed by atoms with van der Waals surface area (Å²) in [4.78, 5) is 13.0. The Morgan fingerprint density at radius 2 is 1.94 bits per heavy atom. The van der Waals surface area contributed by atoms with Crippen molar-refractivity contribution in [3.63, 3.8) is 0 Å². The van der Waals surface area contributed by atoms with E-state index in [1.54, 1.807) is 36.4 Å². The Bertz CT molecular complexity index is 1390. The van der Waals surface area contributed by atoms with Gasteiger partial charge in [0.2, 0.25) is 0 Å². The third-order valence-corrected chi connectivity index (χ3v) is 5.97. The molecule has 1 atom stereocenters. The molecule has 0 aliphatic carbocycles. The van der Waals surface area contributed by atoms with Gasteiger partial charge in [0.25, 0.3) is 5.91 Å². The monoisotopic (exact) mass is 471 g/mol. The van der Waals surface area contributed by atoms with E-state index < -0.39 is 11.9 Å². The fourth-order valence-corrected chi connectivity index (χ4v) is 4.22. The number of methoxy groups -OCH3 is 1. The fraction of sp³-hybridized carbons (Fsp3) is 0.214. The summed E-state index contributed by atoms with van der Waals surface area (Å²) in [6.07, 6.45) is 2.81. The number of rotatable bonds is 9. The highest BCUT2D eigenvalue weighted by Gasteiger charge is 2.17. The third-order valence-electron chi connectivity index (χ3n) is 5.97. The number of benzene rings is 3. The molecule has 6 nitrogen and oxygen atoms in total. The Morgan fingerprint density at radius 3 is 2.69 bits per heavy atom. The van der Waals surface area contributed by atoms with Crippen LogP contribution >= 0.6 is 0 Å². The van der Waals surface area contributed by atoms with Gasteiger partial charge in [-0.25, -0.2) is 4.39 Å². The molecule has 0 saturated carbocycles. The van der Waals surface area contributed by atoms with Crippen LogP contribution in [0.5, 0.6) is 5.75 Å². The molecule has 0 aliphatic rings. The van der Waals surface area contributed by atoms with Gasteiger partial charge in [-0.2, -0.15) is 5.26 Å². The summed E-state index contributed by atoms with van der Waals surface area (Å²) < 4.78 is 21.2. The number of hydrogen-bond donors (Lipinski definition) is 2. The Morgan fingerprint density at radius 1 is 1.14 bits per heavy atom. The number of amides is 1. The van der Waals surface area contributed by atoms with Crippen molar-refractivity contribution in [2.24, 2.45) is 0 Å². The average Bonchev–Trinajstić information content (AvgIpc) is 3.24. The first-order valence-corrected chi connectivity index (χ1v) is 11.3. The van der Waals surface area contributed by atoms with E-state index in [-0.39, 0.29) is 18.3 Å². The van der Waals surface area contributed by atoms with E-state index in [0.29, 0.717) is 36.1 Å². The minimum Gasteiger partial charge on any atom is -0.494 e. The van der Waals surface area contributed by atoms with Gasteiger partial charge in [0.15, 0.2) is 11.6 Å². The lowest BCUT2D eigenvalue weighted by Crippen LogP contribution is -2.39. The number of carbonyl (C=O) groups excluding carboxylic acids is 1. The smallest absolute Gasteiger partial charge is 0.251 e. The van der Waals surface area contributed by atoms with E-state index in [4.69, 9.17) is 10.00 Å². The Balaban J connectivity index is 1.52. The zero-order valence-corrected chi connectivity index (χ0v) is 19.4. The van der Waals surface area contributed by atoms with E-state index in [1.807, 2.05) is 35.0 Å². The van der Waals surface area contributed by atoms with Crippen LogP contribution in [-0.4, -0.2) is 35.3 Å². The van der Waals surface area contributed by atoms with E-state index >= 15 is 0 Å². The van der Waals surface area contributed by atoms with Crippen molar-refractivity contribution in [2.45, 2.75) is 25.4 Å². The third kappa shape index (κ3) is 5.34. The maximum absolute atomic E-state index is 14.2. The van der Waals surface area contributed by atoms with Crippen LogP contribution in [0.2, 0.25) is 0 Å². The highest BCUT2D eigenvalue weighted by atomic mass is 19.1. The average molecular weight is 472 g/mol. The second-order valence-electron chi connectivity index (χ2n) is 8.26. The van der Waals surface area contributed by atoms with Gasteiger partial charge in [0, 0.05) is 29.2 Å². The van der Waals surface area contributed by atoms with Gasteiger partial charge in [-0.3, -0.25) is 4.79 Å². The molecule has 0 saturated heterocycles. The molecule has 3 aromatic carbocycles.